The molecular weight excluding hydrogens is 341 g/mol. The number of nitrogens with one attached hydrogen (secondary N) is 1. The van der Waals surface area contributed by atoms with Crippen molar-refractivity contribution >= 4 is 42.1 Å². The van der Waals surface area contributed by atoms with Crippen LogP contribution in [0.15, 0.2) is 29.6 Å². The number of hydrogen-bond acceptors (Lipinski definition) is 4. The topological polar surface area (TPSA) is 68.0 Å². The maximum atomic E-state index is 12.2. The van der Waals surface area contributed by atoms with Crippen LogP contribution < -0.4 is 11.1 Å². The van der Waals surface area contributed by atoms with Crippen molar-refractivity contribution in [3.63, 3.8) is 0 Å². The fourth-order valence-electron chi connectivity index (χ4n) is 1.86. The normalized spacial score (nSPS) is 12.5. The number of amides is 1. The monoisotopic (exact) mass is 361 g/mol. The first-order valence-corrected chi connectivity index (χ1v) is 7.40. The van der Waals surface area contributed by atoms with Crippen LogP contribution in [0.3, 0.4) is 0 Å². The van der Waals surface area contributed by atoms with E-state index in [0.717, 1.165) is 21.8 Å². The van der Waals surface area contributed by atoms with E-state index < -0.39 is 6.04 Å². The lowest BCUT2D eigenvalue weighted by Crippen LogP contribution is -2.35. The second kappa shape index (κ2) is 9.10. The molecule has 0 saturated heterocycles. The number of rotatable bonds is 4. The summed E-state index contributed by atoms with van der Waals surface area (Å²) in [6.45, 7) is 5.85. The Bertz CT molecular complexity index is 601. The molecule has 1 aromatic carbocycles. The van der Waals surface area contributed by atoms with E-state index in [0.29, 0.717) is 0 Å². The maximum absolute atomic E-state index is 12.2. The van der Waals surface area contributed by atoms with Gasteiger partial charge in [0.1, 0.15) is 11.0 Å². The predicted molar refractivity (Wildman–Crippen MR) is 96.0 cm³/mol. The summed E-state index contributed by atoms with van der Waals surface area (Å²) in [6.07, 6.45) is 0. The molecule has 2 atom stereocenters. The summed E-state index contributed by atoms with van der Waals surface area (Å²) >= 11 is 1.54. The number of thiazole rings is 1. The average molecular weight is 362 g/mol. The van der Waals surface area contributed by atoms with E-state index >= 15 is 0 Å². The first-order chi connectivity index (χ1) is 9.47. The molecule has 0 bridgehead atoms. The highest BCUT2D eigenvalue weighted by atomic mass is 35.5. The molecule has 7 heteroatoms. The van der Waals surface area contributed by atoms with Gasteiger partial charge in [-0.05, 0) is 26.3 Å². The van der Waals surface area contributed by atoms with Gasteiger partial charge in [0.25, 0.3) is 0 Å². The second-order valence-electron chi connectivity index (χ2n) is 4.95. The Morgan fingerprint density at radius 3 is 2.32 bits per heavy atom. The number of nitrogens with two attached hydrogens (primary N) is 1. The van der Waals surface area contributed by atoms with Crippen molar-refractivity contribution in [1.29, 1.82) is 0 Å². The molecule has 0 aliphatic heterocycles. The van der Waals surface area contributed by atoms with Crippen molar-refractivity contribution in [3.8, 4) is 0 Å². The average Bonchev–Trinajstić information content (AvgIpc) is 2.85. The molecule has 1 amide bonds. The summed E-state index contributed by atoms with van der Waals surface area (Å²) in [5.74, 6) is -0.186. The Labute approximate surface area is 147 Å². The van der Waals surface area contributed by atoms with E-state index in [1.54, 1.807) is 11.3 Å². The lowest BCUT2D eigenvalue weighted by atomic mass is 10.1. The first kappa shape index (κ1) is 20.9. The van der Waals surface area contributed by atoms with Crippen LogP contribution in [0.2, 0.25) is 0 Å². The second-order valence-corrected chi connectivity index (χ2v) is 5.84. The SMILES string of the molecule is Cc1ccc(C(N)C(=O)NC(C)c2nc(C)cs2)cc1.Cl.Cl. The minimum Gasteiger partial charge on any atom is -0.345 e. The summed E-state index contributed by atoms with van der Waals surface area (Å²) < 4.78 is 0. The van der Waals surface area contributed by atoms with Gasteiger partial charge >= 0.3 is 0 Å². The number of aromatic nitrogens is 1. The highest BCUT2D eigenvalue weighted by Gasteiger charge is 2.19. The van der Waals surface area contributed by atoms with Gasteiger partial charge in [-0.3, -0.25) is 4.79 Å². The zero-order chi connectivity index (χ0) is 14.7. The molecule has 2 aromatic rings. The molecule has 2 rings (SSSR count). The standard InChI is InChI=1S/C15H19N3OS.2ClH/c1-9-4-6-12(7-5-9)13(16)14(19)18-11(3)15-17-10(2)8-20-15;;/h4-8,11,13H,16H2,1-3H3,(H,18,19);2*1H. The number of carbonyl (C=O) groups is 1. The van der Waals surface area contributed by atoms with Crippen molar-refractivity contribution < 1.29 is 4.79 Å². The van der Waals surface area contributed by atoms with Gasteiger partial charge in [-0.15, -0.1) is 36.2 Å². The third-order valence-corrected chi connectivity index (χ3v) is 4.23. The van der Waals surface area contributed by atoms with Crippen LogP contribution in [0.4, 0.5) is 0 Å². The Balaban J connectivity index is 0.00000220. The smallest absolute Gasteiger partial charge is 0.242 e. The quantitative estimate of drug-likeness (QED) is 0.875. The minimum absolute atomic E-state index is 0. The molecule has 22 heavy (non-hydrogen) atoms. The van der Waals surface area contributed by atoms with Gasteiger partial charge in [-0.2, -0.15) is 0 Å². The highest BCUT2D eigenvalue weighted by Crippen LogP contribution is 2.19. The fraction of sp³-hybridized carbons (Fsp3) is 0.333. The molecule has 1 aromatic heterocycles. The summed E-state index contributed by atoms with van der Waals surface area (Å²) in [7, 11) is 0. The van der Waals surface area contributed by atoms with Crippen LogP contribution in [0, 0.1) is 13.8 Å². The third kappa shape index (κ3) is 5.25. The summed E-state index contributed by atoms with van der Waals surface area (Å²) in [6, 6.07) is 6.90. The van der Waals surface area contributed by atoms with Crippen molar-refractivity contribution in [2.75, 3.05) is 0 Å². The lowest BCUT2D eigenvalue weighted by molar-refractivity contribution is -0.123. The summed E-state index contributed by atoms with van der Waals surface area (Å²) in [5.41, 5.74) is 8.92. The van der Waals surface area contributed by atoms with Crippen LogP contribution in [0.1, 0.15) is 40.8 Å². The minimum atomic E-state index is -0.654. The zero-order valence-corrected chi connectivity index (χ0v) is 15.1. The Hall–Kier alpha value is -1.14. The Kier molecular flexibility index (Phi) is 8.63. The number of aryl methyl sites for hydroxylation is 2. The molecule has 0 saturated carbocycles. The van der Waals surface area contributed by atoms with E-state index in [9.17, 15) is 4.79 Å². The number of benzene rings is 1. The third-order valence-electron chi connectivity index (χ3n) is 3.08. The van der Waals surface area contributed by atoms with Gasteiger partial charge in [0, 0.05) is 11.1 Å². The van der Waals surface area contributed by atoms with Crippen LogP contribution in [-0.4, -0.2) is 10.9 Å². The van der Waals surface area contributed by atoms with Crippen molar-refractivity contribution in [3.05, 3.63) is 51.5 Å². The predicted octanol–water partition coefficient (Wildman–Crippen LogP) is 3.48. The van der Waals surface area contributed by atoms with Crippen molar-refractivity contribution in [2.45, 2.75) is 32.9 Å². The van der Waals surface area contributed by atoms with Gasteiger partial charge in [-0.25, -0.2) is 4.98 Å². The van der Waals surface area contributed by atoms with E-state index in [-0.39, 0.29) is 36.8 Å². The molecular formula is C15H21Cl2N3OS. The number of hydrogen-bond donors (Lipinski definition) is 2. The number of halogens is 2. The van der Waals surface area contributed by atoms with Crippen LogP contribution in [-0.2, 0) is 4.79 Å². The van der Waals surface area contributed by atoms with Gasteiger partial charge in [-0.1, -0.05) is 29.8 Å². The van der Waals surface area contributed by atoms with Crippen LogP contribution in [0.5, 0.6) is 0 Å². The summed E-state index contributed by atoms with van der Waals surface area (Å²) in [5, 5.41) is 5.77. The molecule has 122 valence electrons. The largest absolute Gasteiger partial charge is 0.345 e. The molecule has 0 spiro atoms. The van der Waals surface area contributed by atoms with E-state index in [2.05, 4.69) is 10.3 Å². The van der Waals surface area contributed by atoms with Crippen LogP contribution in [0.25, 0.3) is 0 Å². The van der Waals surface area contributed by atoms with Gasteiger partial charge in [0.05, 0.1) is 6.04 Å². The number of carbonyl (C=O) groups excluding carboxylic acids is 1. The fourth-order valence-corrected chi connectivity index (χ4v) is 2.66. The molecule has 0 aliphatic rings. The molecule has 0 radical (unpaired) electrons. The Morgan fingerprint density at radius 2 is 1.82 bits per heavy atom. The van der Waals surface area contributed by atoms with E-state index in [4.69, 9.17) is 5.73 Å². The van der Waals surface area contributed by atoms with Crippen LogP contribution >= 0.6 is 36.2 Å². The number of nitrogens with zero attached hydrogens (tertiary/aromatic N) is 1. The van der Waals surface area contributed by atoms with Gasteiger partial charge < -0.3 is 11.1 Å². The molecule has 0 fully saturated rings. The maximum Gasteiger partial charge on any atom is 0.242 e. The molecule has 1 heterocycles. The summed E-state index contributed by atoms with van der Waals surface area (Å²) in [4.78, 5) is 16.5. The van der Waals surface area contributed by atoms with Gasteiger partial charge in [0.15, 0.2) is 0 Å². The zero-order valence-electron chi connectivity index (χ0n) is 12.7. The molecule has 3 N–H and O–H groups in total. The Morgan fingerprint density at radius 1 is 1.23 bits per heavy atom. The molecule has 0 aliphatic carbocycles. The first-order valence-electron chi connectivity index (χ1n) is 6.52. The van der Waals surface area contributed by atoms with Gasteiger partial charge in [0.2, 0.25) is 5.91 Å². The van der Waals surface area contributed by atoms with Crippen molar-refractivity contribution in [1.82, 2.24) is 10.3 Å². The highest BCUT2D eigenvalue weighted by molar-refractivity contribution is 7.09. The van der Waals surface area contributed by atoms with E-state index in [1.807, 2.05) is 50.4 Å². The van der Waals surface area contributed by atoms with E-state index in [1.165, 1.54) is 0 Å². The van der Waals surface area contributed by atoms with Crippen molar-refractivity contribution in [2.24, 2.45) is 5.73 Å². The molecule has 2 unspecified atom stereocenters. The molecule has 4 nitrogen and oxygen atoms in total. The lowest BCUT2D eigenvalue weighted by Gasteiger charge is -2.16.